The van der Waals surface area contributed by atoms with Gasteiger partial charge in [-0.3, -0.25) is 9.59 Å². The van der Waals surface area contributed by atoms with Crippen LogP contribution in [0.5, 0.6) is 0 Å². The molecule has 0 aliphatic rings. The molecular formula is C26H22F3N3O3S. The summed E-state index contributed by atoms with van der Waals surface area (Å²) in [5.74, 6) is -0.0213. The van der Waals surface area contributed by atoms with Crippen LogP contribution in [-0.4, -0.2) is 29.4 Å². The number of aldehydes is 1. The highest BCUT2D eigenvalue weighted by Gasteiger charge is 2.34. The summed E-state index contributed by atoms with van der Waals surface area (Å²) in [6, 6.07) is 14.1. The Morgan fingerprint density at radius 2 is 1.75 bits per heavy atom. The number of pyridine rings is 1. The quantitative estimate of drug-likeness (QED) is 0.239. The van der Waals surface area contributed by atoms with Crippen LogP contribution in [0.2, 0.25) is 0 Å². The summed E-state index contributed by atoms with van der Waals surface area (Å²) in [6.07, 6.45) is 0.542. The first-order valence-corrected chi connectivity index (χ1v) is 11.4. The number of nitrogens with zero attached hydrogens (tertiary/aromatic N) is 1. The highest BCUT2D eigenvalue weighted by atomic mass is 32.1. The Morgan fingerprint density at radius 3 is 2.36 bits per heavy atom. The first-order valence-electron chi connectivity index (χ1n) is 10.5. The van der Waals surface area contributed by atoms with Crippen molar-refractivity contribution in [2.45, 2.75) is 12.7 Å². The van der Waals surface area contributed by atoms with E-state index in [1.54, 1.807) is 54.6 Å². The predicted octanol–water partition coefficient (Wildman–Crippen LogP) is 5.31. The summed E-state index contributed by atoms with van der Waals surface area (Å²) in [5.41, 5.74) is 6.88. The lowest BCUT2D eigenvalue weighted by Gasteiger charge is -2.11. The fourth-order valence-corrected chi connectivity index (χ4v) is 4.46. The van der Waals surface area contributed by atoms with Gasteiger partial charge >= 0.3 is 6.18 Å². The van der Waals surface area contributed by atoms with E-state index in [9.17, 15) is 22.8 Å². The van der Waals surface area contributed by atoms with Gasteiger partial charge in [-0.25, -0.2) is 4.98 Å². The number of hydrogen-bond acceptors (Lipinski definition) is 6. The number of aliphatic hydroxyl groups is 1. The third-order valence-corrected chi connectivity index (χ3v) is 6.21. The second-order valence-corrected chi connectivity index (χ2v) is 8.60. The Morgan fingerprint density at radius 1 is 1.06 bits per heavy atom. The molecule has 0 aliphatic heterocycles. The van der Waals surface area contributed by atoms with Gasteiger partial charge in [-0.1, -0.05) is 24.3 Å². The molecule has 1 amide bonds. The molecule has 36 heavy (non-hydrogen) atoms. The van der Waals surface area contributed by atoms with Gasteiger partial charge in [0.15, 0.2) is 0 Å². The molecular weight excluding hydrogens is 491 g/mol. The maximum Gasteiger partial charge on any atom is 0.417 e. The smallest absolute Gasteiger partial charge is 0.400 e. The average Bonchev–Trinajstić information content (AvgIpc) is 3.30. The van der Waals surface area contributed by atoms with Crippen LogP contribution < -0.4 is 11.1 Å². The van der Waals surface area contributed by atoms with E-state index < -0.39 is 11.7 Å². The van der Waals surface area contributed by atoms with E-state index in [2.05, 4.69) is 10.3 Å². The number of nitrogens with one attached hydrogen (secondary N) is 1. The maximum absolute atomic E-state index is 13.8. The Balaban J connectivity index is 0.00000176. The van der Waals surface area contributed by atoms with Crippen LogP contribution in [0.25, 0.3) is 27.3 Å². The third-order valence-electron chi connectivity index (χ3n) is 5.03. The SMILES string of the molecule is CO.Nc1ccc(/C=C/C(=O)NCc2cc3cc(-c4ccc(C=O)cc4)cc(C(F)(F)F)c3s2)cn1. The number of anilines is 1. The zero-order valence-corrected chi connectivity index (χ0v) is 19.9. The van der Waals surface area contributed by atoms with Crippen molar-refractivity contribution in [3.63, 3.8) is 0 Å². The number of carbonyl (C=O) groups excluding carboxylic acids is 2. The topological polar surface area (TPSA) is 105 Å². The Hall–Kier alpha value is -4.02. The third kappa shape index (κ3) is 6.55. The Labute approximate surface area is 208 Å². The maximum atomic E-state index is 13.8. The summed E-state index contributed by atoms with van der Waals surface area (Å²) in [7, 11) is 1.00. The van der Waals surface area contributed by atoms with E-state index in [1.165, 1.54) is 12.3 Å². The normalized spacial score (nSPS) is 11.2. The molecule has 186 valence electrons. The largest absolute Gasteiger partial charge is 0.417 e. The second kappa shape index (κ2) is 11.6. The highest BCUT2D eigenvalue weighted by Crippen LogP contribution is 2.41. The molecule has 4 rings (SSSR count). The first kappa shape index (κ1) is 26.6. The molecule has 10 heteroatoms. The number of rotatable bonds is 6. The van der Waals surface area contributed by atoms with Crippen LogP contribution in [-0.2, 0) is 17.5 Å². The van der Waals surface area contributed by atoms with E-state index in [1.807, 2.05) is 0 Å². The molecule has 2 aromatic heterocycles. The van der Waals surface area contributed by atoms with Gasteiger partial charge < -0.3 is 16.2 Å². The number of nitrogens with two attached hydrogens (primary N) is 1. The number of amides is 1. The van der Waals surface area contributed by atoms with Gasteiger partial charge in [0.05, 0.1) is 12.1 Å². The number of carbonyl (C=O) groups is 2. The average molecular weight is 514 g/mol. The van der Waals surface area contributed by atoms with E-state index in [-0.39, 0.29) is 17.2 Å². The molecule has 0 bridgehead atoms. The molecule has 0 saturated carbocycles. The fourth-order valence-electron chi connectivity index (χ4n) is 3.35. The van der Waals surface area contributed by atoms with Gasteiger partial charge in [0.1, 0.15) is 12.1 Å². The van der Waals surface area contributed by atoms with Crippen molar-refractivity contribution in [2.24, 2.45) is 0 Å². The molecule has 0 saturated heterocycles. The van der Waals surface area contributed by atoms with Crippen LogP contribution in [0.15, 0.2) is 66.9 Å². The molecule has 4 N–H and O–H groups in total. The van der Waals surface area contributed by atoms with Gasteiger partial charge in [0.25, 0.3) is 0 Å². The van der Waals surface area contributed by atoms with Crippen molar-refractivity contribution in [2.75, 3.05) is 12.8 Å². The van der Waals surface area contributed by atoms with Gasteiger partial charge in [-0.2, -0.15) is 13.2 Å². The Kier molecular flexibility index (Phi) is 8.57. The van der Waals surface area contributed by atoms with Crippen molar-refractivity contribution >= 4 is 45.5 Å². The molecule has 2 heterocycles. The van der Waals surface area contributed by atoms with Crippen molar-refractivity contribution in [3.05, 3.63) is 88.4 Å². The number of aliphatic hydroxyl groups excluding tert-OH is 1. The summed E-state index contributed by atoms with van der Waals surface area (Å²) in [5, 5.41) is 10.1. The van der Waals surface area contributed by atoms with Gasteiger partial charge in [-0.15, -0.1) is 11.3 Å². The number of halogens is 3. The predicted molar refractivity (Wildman–Crippen MR) is 135 cm³/mol. The monoisotopic (exact) mass is 513 g/mol. The first-order chi connectivity index (χ1) is 17.2. The zero-order valence-electron chi connectivity index (χ0n) is 19.0. The van der Waals surface area contributed by atoms with Crippen LogP contribution in [0.1, 0.15) is 26.4 Å². The van der Waals surface area contributed by atoms with Gasteiger partial charge in [0, 0.05) is 34.5 Å². The van der Waals surface area contributed by atoms with E-state index in [4.69, 9.17) is 10.8 Å². The number of alkyl halides is 3. The number of thiophene rings is 1. The van der Waals surface area contributed by atoms with Crippen LogP contribution in [0.3, 0.4) is 0 Å². The standard InChI is InChI=1S/C25H18F3N3O2S.CH4O/c26-25(27,28)21-11-18(17-5-1-16(14-32)2-6-17)9-19-10-20(34-24(19)21)13-31-23(33)8-4-15-3-7-22(29)30-12-15;1-2/h1-12,14H,13H2,(H2,29,30)(H,31,33);2H,1H3/b8-4+;. The summed E-state index contributed by atoms with van der Waals surface area (Å²) in [4.78, 5) is 27.5. The van der Waals surface area contributed by atoms with Gasteiger partial charge in [0.2, 0.25) is 5.91 Å². The molecule has 0 unspecified atom stereocenters. The molecule has 4 aromatic rings. The lowest BCUT2D eigenvalue weighted by atomic mass is 9.99. The summed E-state index contributed by atoms with van der Waals surface area (Å²) < 4.78 is 41.5. The number of hydrogen-bond donors (Lipinski definition) is 3. The van der Waals surface area contributed by atoms with Crippen molar-refractivity contribution in [1.29, 1.82) is 0 Å². The Bertz CT molecular complexity index is 1380. The van der Waals surface area contributed by atoms with Crippen molar-refractivity contribution in [3.8, 4) is 11.1 Å². The molecule has 0 radical (unpaired) electrons. The molecule has 0 atom stereocenters. The second-order valence-electron chi connectivity index (χ2n) is 7.46. The minimum atomic E-state index is -4.54. The molecule has 0 fully saturated rings. The molecule has 0 aliphatic carbocycles. The minimum Gasteiger partial charge on any atom is -0.400 e. The van der Waals surface area contributed by atoms with E-state index in [0.29, 0.717) is 44.6 Å². The highest BCUT2D eigenvalue weighted by molar-refractivity contribution is 7.19. The van der Waals surface area contributed by atoms with Crippen molar-refractivity contribution < 1.29 is 27.9 Å². The number of benzene rings is 2. The fraction of sp³-hybridized carbons (Fsp3) is 0.115. The number of fused-ring (bicyclic) bond motifs is 1. The lowest BCUT2D eigenvalue weighted by Crippen LogP contribution is -2.19. The van der Waals surface area contributed by atoms with Gasteiger partial charge in [-0.05, 0) is 58.5 Å². The van der Waals surface area contributed by atoms with Crippen LogP contribution in [0, 0.1) is 0 Å². The minimum absolute atomic E-state index is 0.0865. The zero-order chi connectivity index (χ0) is 26.3. The molecule has 0 spiro atoms. The number of nitrogen functional groups attached to an aromatic ring is 1. The van der Waals surface area contributed by atoms with E-state index in [0.717, 1.165) is 24.5 Å². The summed E-state index contributed by atoms with van der Waals surface area (Å²) >= 11 is 0.990. The van der Waals surface area contributed by atoms with Crippen LogP contribution in [0.4, 0.5) is 19.0 Å². The summed E-state index contributed by atoms with van der Waals surface area (Å²) in [6.45, 7) is 0.0865. The molecule has 6 nitrogen and oxygen atoms in total. The number of aromatic nitrogens is 1. The van der Waals surface area contributed by atoms with Crippen LogP contribution >= 0.6 is 11.3 Å². The molecule has 2 aromatic carbocycles. The van der Waals surface area contributed by atoms with Crippen molar-refractivity contribution in [1.82, 2.24) is 10.3 Å². The van der Waals surface area contributed by atoms with E-state index >= 15 is 0 Å². The lowest BCUT2D eigenvalue weighted by molar-refractivity contribution is -0.136.